The zero-order valence-electron chi connectivity index (χ0n) is 15.3. The molecule has 2 aromatic rings. The molecule has 0 saturated carbocycles. The van der Waals surface area contributed by atoms with Gasteiger partial charge in [0.1, 0.15) is 17.9 Å². The van der Waals surface area contributed by atoms with E-state index in [-0.39, 0.29) is 0 Å². The van der Waals surface area contributed by atoms with E-state index in [2.05, 4.69) is 10.6 Å². The number of halogens is 1. The summed E-state index contributed by atoms with van der Waals surface area (Å²) in [5.74, 6) is -1.47. The monoisotopic (exact) mass is 369 g/mol. The van der Waals surface area contributed by atoms with Crippen LogP contribution in [0.5, 0.6) is 0 Å². The number of carbonyl (C=O) groups excluding carboxylic acids is 3. The molecule has 6 nitrogen and oxygen atoms in total. The van der Waals surface area contributed by atoms with Crippen LogP contribution in [-0.2, 0) is 15.1 Å². The van der Waals surface area contributed by atoms with Crippen LogP contribution in [0.2, 0.25) is 0 Å². The first kappa shape index (κ1) is 18.6. The summed E-state index contributed by atoms with van der Waals surface area (Å²) in [7, 11) is 0. The van der Waals surface area contributed by atoms with E-state index in [4.69, 9.17) is 0 Å². The van der Waals surface area contributed by atoms with Crippen molar-refractivity contribution in [3.63, 3.8) is 0 Å². The summed E-state index contributed by atoms with van der Waals surface area (Å²) in [6.45, 7) is 4.85. The third-order valence-electron chi connectivity index (χ3n) is 4.74. The first-order valence-corrected chi connectivity index (χ1v) is 8.48. The molecule has 2 aromatic carbocycles. The molecular weight excluding hydrogens is 349 g/mol. The predicted molar refractivity (Wildman–Crippen MR) is 98.5 cm³/mol. The van der Waals surface area contributed by atoms with E-state index in [1.165, 1.54) is 31.2 Å². The lowest BCUT2D eigenvalue weighted by Crippen LogP contribution is -2.42. The number of nitrogens with zero attached hydrogens (tertiary/aromatic N) is 1. The number of benzene rings is 2. The maximum Gasteiger partial charge on any atom is 0.325 e. The van der Waals surface area contributed by atoms with Crippen LogP contribution in [-0.4, -0.2) is 29.3 Å². The van der Waals surface area contributed by atoms with Gasteiger partial charge in [-0.3, -0.25) is 14.5 Å². The number of nitrogens with one attached hydrogen (secondary N) is 2. The second kappa shape index (κ2) is 6.83. The highest BCUT2D eigenvalue weighted by Crippen LogP contribution is 2.29. The van der Waals surface area contributed by atoms with Crippen molar-refractivity contribution < 1.29 is 18.8 Å². The maximum atomic E-state index is 13.2. The van der Waals surface area contributed by atoms with Gasteiger partial charge in [0.15, 0.2) is 0 Å². The number of anilines is 1. The summed E-state index contributed by atoms with van der Waals surface area (Å²) in [5, 5.41) is 5.35. The quantitative estimate of drug-likeness (QED) is 0.814. The number of rotatable bonds is 4. The number of hydrogen-bond acceptors (Lipinski definition) is 3. The van der Waals surface area contributed by atoms with Crippen molar-refractivity contribution in [2.45, 2.75) is 26.3 Å². The summed E-state index contributed by atoms with van der Waals surface area (Å²) in [4.78, 5) is 38.4. The van der Waals surface area contributed by atoms with Gasteiger partial charge in [-0.2, -0.15) is 0 Å². The normalized spacial score (nSPS) is 19.2. The molecule has 27 heavy (non-hydrogen) atoms. The number of amides is 4. The Hall–Kier alpha value is -3.22. The lowest BCUT2D eigenvalue weighted by atomic mass is 9.92. The van der Waals surface area contributed by atoms with Crippen molar-refractivity contribution >= 4 is 23.5 Å². The molecule has 0 aliphatic carbocycles. The second-order valence-corrected chi connectivity index (χ2v) is 6.77. The number of imide groups is 1. The van der Waals surface area contributed by atoms with Gasteiger partial charge in [-0.15, -0.1) is 0 Å². The smallest absolute Gasteiger partial charge is 0.324 e. The highest BCUT2D eigenvalue weighted by atomic mass is 19.1. The summed E-state index contributed by atoms with van der Waals surface area (Å²) < 4.78 is 13.2. The Kier molecular flexibility index (Phi) is 4.70. The molecule has 0 radical (unpaired) electrons. The van der Waals surface area contributed by atoms with Crippen molar-refractivity contribution in [2.24, 2.45) is 0 Å². The standard InChI is InChI=1S/C20H20FN3O3/c1-12-5-4-6-13(2)17(12)22-16(25)11-24-18(26)20(3,23-19(24)27)14-7-9-15(21)10-8-14/h4-10H,11H2,1-3H3,(H,22,25)(H,23,27). The molecule has 1 aliphatic heterocycles. The van der Waals surface area contributed by atoms with Gasteiger partial charge in [0.25, 0.3) is 5.91 Å². The lowest BCUT2D eigenvalue weighted by Gasteiger charge is -2.22. The summed E-state index contributed by atoms with van der Waals surface area (Å²) >= 11 is 0. The number of aryl methyl sites for hydroxylation is 2. The third kappa shape index (κ3) is 3.40. The van der Waals surface area contributed by atoms with Crippen LogP contribution in [0.25, 0.3) is 0 Å². The SMILES string of the molecule is Cc1cccc(C)c1NC(=O)CN1C(=O)NC(C)(c2ccc(F)cc2)C1=O. The Balaban J connectivity index is 1.77. The molecular formula is C20H20FN3O3. The number of para-hydroxylation sites is 1. The highest BCUT2D eigenvalue weighted by molar-refractivity contribution is 6.10. The van der Waals surface area contributed by atoms with E-state index in [9.17, 15) is 18.8 Å². The van der Waals surface area contributed by atoms with E-state index < -0.39 is 35.7 Å². The van der Waals surface area contributed by atoms with Crippen LogP contribution in [0.3, 0.4) is 0 Å². The fraction of sp³-hybridized carbons (Fsp3) is 0.250. The molecule has 1 unspecified atom stereocenters. The summed E-state index contributed by atoms with van der Waals surface area (Å²) in [5.41, 5.74) is 1.54. The second-order valence-electron chi connectivity index (χ2n) is 6.77. The fourth-order valence-electron chi connectivity index (χ4n) is 3.15. The predicted octanol–water partition coefficient (Wildman–Crippen LogP) is 2.85. The molecule has 7 heteroatoms. The number of hydrogen-bond donors (Lipinski definition) is 2. The van der Waals surface area contributed by atoms with Gasteiger partial charge >= 0.3 is 6.03 Å². The molecule has 4 amide bonds. The highest BCUT2D eigenvalue weighted by Gasteiger charge is 2.49. The van der Waals surface area contributed by atoms with Crippen LogP contribution in [0, 0.1) is 19.7 Å². The van der Waals surface area contributed by atoms with E-state index in [0.29, 0.717) is 11.3 Å². The van der Waals surface area contributed by atoms with Crippen LogP contribution < -0.4 is 10.6 Å². The van der Waals surface area contributed by atoms with Crippen LogP contribution in [0.15, 0.2) is 42.5 Å². The number of urea groups is 1. The molecule has 1 atom stereocenters. The first-order chi connectivity index (χ1) is 12.7. The third-order valence-corrected chi connectivity index (χ3v) is 4.74. The van der Waals surface area contributed by atoms with Crippen LogP contribution >= 0.6 is 0 Å². The van der Waals surface area contributed by atoms with Crippen molar-refractivity contribution in [3.8, 4) is 0 Å². The maximum absolute atomic E-state index is 13.2. The number of carbonyl (C=O) groups is 3. The van der Waals surface area contributed by atoms with Gasteiger partial charge in [-0.25, -0.2) is 9.18 Å². The fourth-order valence-corrected chi connectivity index (χ4v) is 3.15. The molecule has 0 spiro atoms. The van der Waals surface area contributed by atoms with E-state index in [0.717, 1.165) is 16.0 Å². The van der Waals surface area contributed by atoms with Crippen LogP contribution in [0.1, 0.15) is 23.6 Å². The average molecular weight is 369 g/mol. The Labute approximate surface area is 156 Å². The van der Waals surface area contributed by atoms with E-state index in [1.54, 1.807) is 0 Å². The van der Waals surface area contributed by atoms with Crippen LogP contribution in [0.4, 0.5) is 14.9 Å². The largest absolute Gasteiger partial charge is 0.325 e. The van der Waals surface area contributed by atoms with Crippen molar-refractivity contribution in [2.75, 3.05) is 11.9 Å². The average Bonchev–Trinajstić information content (AvgIpc) is 2.83. The molecule has 1 saturated heterocycles. The van der Waals surface area contributed by atoms with Gasteiger partial charge in [-0.1, -0.05) is 30.3 Å². The van der Waals surface area contributed by atoms with Gasteiger partial charge in [0.05, 0.1) is 0 Å². The van der Waals surface area contributed by atoms with Crippen molar-refractivity contribution in [1.29, 1.82) is 0 Å². The first-order valence-electron chi connectivity index (χ1n) is 8.48. The summed E-state index contributed by atoms with van der Waals surface area (Å²) in [6, 6.07) is 10.3. The molecule has 2 N–H and O–H groups in total. The Morgan fingerprint density at radius 2 is 1.70 bits per heavy atom. The minimum absolute atomic E-state index is 0.408. The van der Waals surface area contributed by atoms with Gasteiger partial charge in [0.2, 0.25) is 5.91 Å². The van der Waals surface area contributed by atoms with E-state index in [1.807, 2.05) is 32.0 Å². The minimum atomic E-state index is -1.34. The molecule has 1 aliphatic rings. The molecule has 1 heterocycles. The molecule has 0 aromatic heterocycles. The molecule has 1 fully saturated rings. The Bertz CT molecular complexity index is 906. The topological polar surface area (TPSA) is 78.5 Å². The zero-order chi connectivity index (χ0) is 19.8. The zero-order valence-corrected chi connectivity index (χ0v) is 15.3. The van der Waals surface area contributed by atoms with Gasteiger partial charge in [0, 0.05) is 5.69 Å². The molecule has 3 rings (SSSR count). The van der Waals surface area contributed by atoms with Gasteiger partial charge < -0.3 is 10.6 Å². The minimum Gasteiger partial charge on any atom is -0.324 e. The lowest BCUT2D eigenvalue weighted by molar-refractivity contribution is -0.133. The molecule has 0 bridgehead atoms. The Morgan fingerprint density at radius 1 is 1.11 bits per heavy atom. The van der Waals surface area contributed by atoms with Crippen molar-refractivity contribution in [3.05, 3.63) is 65.0 Å². The Morgan fingerprint density at radius 3 is 2.30 bits per heavy atom. The van der Waals surface area contributed by atoms with Crippen molar-refractivity contribution in [1.82, 2.24) is 10.2 Å². The van der Waals surface area contributed by atoms with E-state index >= 15 is 0 Å². The summed E-state index contributed by atoms with van der Waals surface area (Å²) in [6.07, 6.45) is 0. The van der Waals surface area contributed by atoms with Gasteiger partial charge in [-0.05, 0) is 49.6 Å². The molecule has 140 valence electrons.